The summed E-state index contributed by atoms with van der Waals surface area (Å²) in [7, 11) is 0. The van der Waals surface area contributed by atoms with Gasteiger partial charge in [-0.2, -0.15) is 0 Å². The number of benzene rings is 1. The fourth-order valence-electron chi connectivity index (χ4n) is 1.12. The minimum atomic E-state index is -0.552. The van der Waals surface area contributed by atoms with E-state index in [9.17, 15) is 9.59 Å². The molecule has 0 aliphatic heterocycles. The largest absolute Gasteiger partial charge is 0.325 e. The van der Waals surface area contributed by atoms with Gasteiger partial charge in [-0.1, -0.05) is 12.1 Å². The standard InChI is InChI=1S/C11H13ClN2O2/c1-7(13)11(16)14-9-4-2-8(3-5-9)6-10(12)15/h2-5,7H,6,13H2,1H3,(H,14,16). The molecule has 1 amide bonds. The predicted octanol–water partition coefficient (Wildman–Crippen LogP) is 1.28. The third-order valence-electron chi connectivity index (χ3n) is 1.98. The number of hydrogen-bond donors (Lipinski definition) is 2. The fraction of sp³-hybridized carbons (Fsp3) is 0.273. The summed E-state index contributed by atoms with van der Waals surface area (Å²) in [6.07, 6.45) is 0.184. The second-order valence-corrected chi connectivity index (χ2v) is 3.93. The molecule has 4 nitrogen and oxygen atoms in total. The van der Waals surface area contributed by atoms with Gasteiger partial charge in [0.15, 0.2) is 0 Å². The smallest absolute Gasteiger partial charge is 0.240 e. The molecule has 0 heterocycles. The third-order valence-corrected chi connectivity index (χ3v) is 2.11. The summed E-state index contributed by atoms with van der Waals surface area (Å²) >= 11 is 5.25. The number of nitrogens with two attached hydrogens (primary N) is 1. The van der Waals surface area contributed by atoms with Gasteiger partial charge in [0.1, 0.15) is 0 Å². The van der Waals surface area contributed by atoms with Crippen molar-refractivity contribution in [1.82, 2.24) is 0 Å². The Hall–Kier alpha value is -1.39. The van der Waals surface area contributed by atoms with Crippen molar-refractivity contribution in [3.63, 3.8) is 0 Å². The zero-order valence-corrected chi connectivity index (χ0v) is 9.62. The van der Waals surface area contributed by atoms with Crippen LogP contribution in [-0.2, 0) is 16.0 Å². The molecule has 0 saturated carbocycles. The van der Waals surface area contributed by atoms with Crippen LogP contribution in [0.5, 0.6) is 0 Å². The summed E-state index contributed by atoms with van der Waals surface area (Å²) in [6.45, 7) is 1.61. The Morgan fingerprint density at radius 2 is 1.94 bits per heavy atom. The SMILES string of the molecule is CC(N)C(=O)Nc1ccc(CC(=O)Cl)cc1. The molecule has 0 bridgehead atoms. The van der Waals surface area contributed by atoms with Crippen LogP contribution in [0.4, 0.5) is 5.69 Å². The topological polar surface area (TPSA) is 72.2 Å². The van der Waals surface area contributed by atoms with Crippen LogP contribution in [0.15, 0.2) is 24.3 Å². The summed E-state index contributed by atoms with van der Waals surface area (Å²) in [4.78, 5) is 21.9. The van der Waals surface area contributed by atoms with Gasteiger partial charge in [-0.25, -0.2) is 0 Å². The number of carbonyl (C=O) groups is 2. The molecule has 0 fully saturated rings. The highest BCUT2D eigenvalue weighted by molar-refractivity contribution is 6.63. The zero-order valence-electron chi connectivity index (χ0n) is 8.87. The normalized spacial score (nSPS) is 11.9. The van der Waals surface area contributed by atoms with E-state index in [1.54, 1.807) is 31.2 Å². The number of hydrogen-bond acceptors (Lipinski definition) is 3. The lowest BCUT2D eigenvalue weighted by Gasteiger charge is -2.07. The molecule has 3 N–H and O–H groups in total. The quantitative estimate of drug-likeness (QED) is 0.779. The molecule has 86 valence electrons. The van der Waals surface area contributed by atoms with Crippen LogP contribution < -0.4 is 11.1 Å². The van der Waals surface area contributed by atoms with Crippen molar-refractivity contribution in [2.45, 2.75) is 19.4 Å². The summed E-state index contributed by atoms with van der Waals surface area (Å²) in [6, 6.07) is 6.32. The van der Waals surface area contributed by atoms with E-state index in [4.69, 9.17) is 17.3 Å². The maximum atomic E-state index is 11.3. The van der Waals surface area contributed by atoms with Gasteiger partial charge in [0.05, 0.1) is 6.04 Å². The number of nitrogens with one attached hydrogen (secondary N) is 1. The minimum absolute atomic E-state index is 0.184. The van der Waals surface area contributed by atoms with Crippen LogP contribution >= 0.6 is 11.6 Å². The second kappa shape index (κ2) is 5.63. The van der Waals surface area contributed by atoms with Crippen molar-refractivity contribution in [2.24, 2.45) is 5.73 Å². The molecule has 0 aliphatic rings. The Morgan fingerprint density at radius 3 is 2.38 bits per heavy atom. The highest BCUT2D eigenvalue weighted by Gasteiger charge is 2.07. The maximum absolute atomic E-state index is 11.3. The summed E-state index contributed by atoms with van der Waals surface area (Å²) in [5.41, 5.74) is 6.86. The van der Waals surface area contributed by atoms with Crippen LogP contribution in [0.2, 0.25) is 0 Å². The van der Waals surface area contributed by atoms with E-state index in [0.29, 0.717) is 5.69 Å². The Bertz CT molecular complexity index is 387. The molecule has 5 heteroatoms. The minimum Gasteiger partial charge on any atom is -0.325 e. The second-order valence-electron chi connectivity index (χ2n) is 3.51. The van der Waals surface area contributed by atoms with E-state index < -0.39 is 11.3 Å². The van der Waals surface area contributed by atoms with E-state index >= 15 is 0 Å². The van der Waals surface area contributed by atoms with E-state index in [-0.39, 0.29) is 12.3 Å². The average molecular weight is 241 g/mol. The van der Waals surface area contributed by atoms with Crippen LogP contribution in [0, 0.1) is 0 Å². The molecular formula is C11H13ClN2O2. The Balaban J connectivity index is 2.64. The monoisotopic (exact) mass is 240 g/mol. The van der Waals surface area contributed by atoms with Gasteiger partial charge in [0, 0.05) is 12.1 Å². The van der Waals surface area contributed by atoms with E-state index in [1.807, 2.05) is 0 Å². The van der Waals surface area contributed by atoms with Gasteiger partial charge < -0.3 is 11.1 Å². The first kappa shape index (κ1) is 12.7. The fourth-order valence-corrected chi connectivity index (χ4v) is 1.28. The highest BCUT2D eigenvalue weighted by atomic mass is 35.5. The number of carbonyl (C=O) groups excluding carboxylic acids is 2. The van der Waals surface area contributed by atoms with Crippen molar-refractivity contribution in [3.8, 4) is 0 Å². The molecule has 0 radical (unpaired) electrons. The van der Waals surface area contributed by atoms with Crippen molar-refractivity contribution < 1.29 is 9.59 Å². The molecule has 1 atom stereocenters. The number of rotatable bonds is 4. The zero-order chi connectivity index (χ0) is 12.1. The number of anilines is 1. The third kappa shape index (κ3) is 4.00. The first-order valence-corrected chi connectivity index (χ1v) is 5.20. The summed E-state index contributed by atoms with van der Waals surface area (Å²) in [5, 5.41) is 2.23. The lowest BCUT2D eigenvalue weighted by molar-refractivity contribution is -0.117. The Kier molecular flexibility index (Phi) is 4.46. The van der Waals surface area contributed by atoms with Gasteiger partial charge in [-0.05, 0) is 36.2 Å². The molecule has 1 unspecified atom stereocenters. The van der Waals surface area contributed by atoms with Gasteiger partial charge >= 0.3 is 0 Å². The van der Waals surface area contributed by atoms with Crippen molar-refractivity contribution in [2.75, 3.05) is 5.32 Å². The van der Waals surface area contributed by atoms with Crippen LogP contribution in [0.1, 0.15) is 12.5 Å². The molecule has 0 spiro atoms. The van der Waals surface area contributed by atoms with Crippen molar-refractivity contribution in [3.05, 3.63) is 29.8 Å². The molecule has 1 rings (SSSR count). The summed E-state index contributed by atoms with van der Waals surface area (Å²) < 4.78 is 0. The molecule has 1 aromatic carbocycles. The first-order valence-electron chi connectivity index (χ1n) is 4.83. The van der Waals surface area contributed by atoms with Crippen LogP contribution in [-0.4, -0.2) is 17.2 Å². The molecule has 0 saturated heterocycles. The van der Waals surface area contributed by atoms with Gasteiger partial charge in [0.2, 0.25) is 11.1 Å². The maximum Gasteiger partial charge on any atom is 0.240 e. The van der Waals surface area contributed by atoms with E-state index in [1.165, 1.54) is 0 Å². The van der Waals surface area contributed by atoms with Gasteiger partial charge in [-0.3, -0.25) is 9.59 Å². The van der Waals surface area contributed by atoms with Gasteiger partial charge in [0.25, 0.3) is 0 Å². The lowest BCUT2D eigenvalue weighted by atomic mass is 10.1. The van der Waals surface area contributed by atoms with Crippen molar-refractivity contribution in [1.29, 1.82) is 0 Å². The summed E-state index contributed by atoms with van der Waals surface area (Å²) in [5.74, 6) is -0.249. The van der Waals surface area contributed by atoms with E-state index in [0.717, 1.165) is 5.56 Å². The highest BCUT2D eigenvalue weighted by Crippen LogP contribution is 2.11. The molecule has 0 aromatic heterocycles. The Morgan fingerprint density at radius 1 is 1.38 bits per heavy atom. The van der Waals surface area contributed by atoms with Gasteiger partial charge in [-0.15, -0.1) is 0 Å². The van der Waals surface area contributed by atoms with Crippen LogP contribution in [0.25, 0.3) is 0 Å². The van der Waals surface area contributed by atoms with Crippen LogP contribution in [0.3, 0.4) is 0 Å². The molecule has 0 aliphatic carbocycles. The molecule has 16 heavy (non-hydrogen) atoms. The van der Waals surface area contributed by atoms with Crippen molar-refractivity contribution >= 4 is 28.4 Å². The average Bonchev–Trinajstić information content (AvgIpc) is 2.20. The van der Waals surface area contributed by atoms with E-state index in [2.05, 4.69) is 5.32 Å². The number of amides is 1. The Labute approximate surface area is 98.8 Å². The molecule has 1 aromatic rings. The predicted molar refractivity (Wildman–Crippen MR) is 63.3 cm³/mol. The first-order chi connectivity index (χ1) is 7.49. The molecular weight excluding hydrogens is 228 g/mol. The lowest BCUT2D eigenvalue weighted by Crippen LogP contribution is -2.32. The number of halogens is 1.